The van der Waals surface area contributed by atoms with Gasteiger partial charge in [0.1, 0.15) is 11.6 Å². The van der Waals surface area contributed by atoms with Gasteiger partial charge >= 0.3 is 0 Å². The molecule has 0 saturated heterocycles. The molecule has 3 nitrogen and oxygen atoms in total. The second-order valence-corrected chi connectivity index (χ2v) is 5.66. The van der Waals surface area contributed by atoms with Crippen LogP contribution in [0, 0.1) is 17.2 Å². The largest absolute Gasteiger partial charge is 0.321 e. The predicted octanol–water partition coefficient (Wildman–Crippen LogP) is 3.43. The summed E-state index contributed by atoms with van der Waals surface area (Å²) in [5.74, 6) is 0.636. The van der Waals surface area contributed by atoms with Gasteiger partial charge in [-0.1, -0.05) is 43.7 Å². The fraction of sp³-hybridized carbons (Fsp3) is 0.333. The van der Waals surface area contributed by atoms with E-state index in [0.29, 0.717) is 11.5 Å². The Labute approximate surface area is 124 Å². The van der Waals surface area contributed by atoms with Crippen molar-refractivity contribution < 1.29 is 0 Å². The van der Waals surface area contributed by atoms with Crippen molar-refractivity contribution >= 4 is 0 Å². The summed E-state index contributed by atoms with van der Waals surface area (Å²) < 4.78 is 0. The predicted molar refractivity (Wildman–Crippen MR) is 83.0 cm³/mol. The van der Waals surface area contributed by atoms with Crippen LogP contribution in [0.4, 0.5) is 0 Å². The maximum Gasteiger partial charge on any atom is 0.266 e. The van der Waals surface area contributed by atoms with Gasteiger partial charge in [-0.05, 0) is 41.9 Å². The zero-order chi connectivity index (χ0) is 14.8. The Kier molecular flexibility index (Phi) is 3.62. The minimum absolute atomic E-state index is 0.259. The Morgan fingerprint density at radius 1 is 1.29 bits per heavy atom. The van der Waals surface area contributed by atoms with Gasteiger partial charge in [-0.2, -0.15) is 5.26 Å². The molecule has 106 valence electrons. The Bertz CT molecular complexity index is 753. The van der Waals surface area contributed by atoms with Crippen molar-refractivity contribution in [1.82, 2.24) is 4.98 Å². The monoisotopic (exact) mass is 278 g/mol. The van der Waals surface area contributed by atoms with E-state index in [9.17, 15) is 10.1 Å². The van der Waals surface area contributed by atoms with Gasteiger partial charge < -0.3 is 4.98 Å². The summed E-state index contributed by atoms with van der Waals surface area (Å²) in [5.41, 5.74) is 4.09. The summed E-state index contributed by atoms with van der Waals surface area (Å²) in [5, 5.41) is 9.29. The Morgan fingerprint density at radius 3 is 2.71 bits per heavy atom. The second-order valence-electron chi connectivity index (χ2n) is 5.66. The lowest BCUT2D eigenvalue weighted by Gasteiger charge is -2.26. The van der Waals surface area contributed by atoms with E-state index < -0.39 is 0 Å². The van der Waals surface area contributed by atoms with E-state index in [1.54, 1.807) is 0 Å². The zero-order valence-electron chi connectivity index (χ0n) is 12.1. The van der Waals surface area contributed by atoms with Crippen molar-refractivity contribution in [3.63, 3.8) is 0 Å². The van der Waals surface area contributed by atoms with Gasteiger partial charge in [-0.25, -0.2) is 0 Å². The number of nitrogens with zero attached hydrogens (tertiary/aromatic N) is 1. The molecule has 0 spiro atoms. The van der Waals surface area contributed by atoms with E-state index in [-0.39, 0.29) is 5.56 Å². The number of aromatic amines is 1. The van der Waals surface area contributed by atoms with Crippen LogP contribution in [0.3, 0.4) is 0 Å². The Balaban J connectivity index is 2.24. The number of H-pyrrole nitrogens is 1. The van der Waals surface area contributed by atoms with Crippen LogP contribution in [-0.2, 0) is 12.8 Å². The third-order valence-corrected chi connectivity index (χ3v) is 4.48. The van der Waals surface area contributed by atoms with Gasteiger partial charge in [0.15, 0.2) is 0 Å². The zero-order valence-corrected chi connectivity index (χ0v) is 12.1. The van der Waals surface area contributed by atoms with Crippen LogP contribution in [-0.4, -0.2) is 4.98 Å². The van der Waals surface area contributed by atoms with Crippen molar-refractivity contribution in [3.8, 4) is 17.3 Å². The second kappa shape index (κ2) is 5.57. The van der Waals surface area contributed by atoms with Gasteiger partial charge in [0.2, 0.25) is 0 Å². The Hall–Kier alpha value is -2.34. The highest BCUT2D eigenvalue weighted by atomic mass is 16.1. The van der Waals surface area contributed by atoms with Gasteiger partial charge in [0.05, 0.1) is 5.69 Å². The number of fused-ring (bicyclic) bond motifs is 1. The quantitative estimate of drug-likeness (QED) is 0.915. The molecule has 0 unspecified atom stereocenters. The number of rotatable bonds is 2. The summed E-state index contributed by atoms with van der Waals surface area (Å²) in [6, 6.07) is 12.0. The molecule has 1 heterocycles. The van der Waals surface area contributed by atoms with Gasteiger partial charge in [-0.3, -0.25) is 4.79 Å². The number of benzene rings is 1. The molecule has 0 amide bonds. The van der Waals surface area contributed by atoms with Crippen LogP contribution < -0.4 is 5.56 Å². The minimum Gasteiger partial charge on any atom is -0.321 e. The van der Waals surface area contributed by atoms with E-state index in [1.165, 1.54) is 0 Å². The smallest absolute Gasteiger partial charge is 0.266 e. The molecular formula is C18H18N2O. The normalized spacial score (nSPS) is 17.0. The maximum absolute atomic E-state index is 12.2. The van der Waals surface area contributed by atoms with Gasteiger partial charge in [-0.15, -0.1) is 0 Å². The fourth-order valence-corrected chi connectivity index (χ4v) is 3.25. The third kappa shape index (κ3) is 2.38. The first-order chi connectivity index (χ1) is 10.2. The maximum atomic E-state index is 12.2. The number of hydrogen-bond acceptors (Lipinski definition) is 2. The average molecular weight is 278 g/mol. The first-order valence-electron chi connectivity index (χ1n) is 7.48. The average Bonchev–Trinajstić information content (AvgIpc) is 2.54. The van der Waals surface area contributed by atoms with E-state index in [2.05, 4.69) is 18.0 Å². The first-order valence-corrected chi connectivity index (χ1v) is 7.48. The minimum atomic E-state index is -0.259. The lowest BCUT2D eigenvalue weighted by Crippen LogP contribution is -2.23. The molecular weight excluding hydrogens is 260 g/mol. The highest BCUT2D eigenvalue weighted by Gasteiger charge is 2.25. The highest BCUT2D eigenvalue weighted by molar-refractivity contribution is 5.66. The van der Waals surface area contributed by atoms with Crippen LogP contribution in [0.15, 0.2) is 35.1 Å². The Morgan fingerprint density at radius 2 is 2.05 bits per heavy atom. The van der Waals surface area contributed by atoms with Crippen LogP contribution in [0.1, 0.15) is 36.5 Å². The van der Waals surface area contributed by atoms with Crippen molar-refractivity contribution in [2.75, 3.05) is 0 Å². The molecule has 1 aromatic carbocycles. The highest BCUT2D eigenvalue weighted by Crippen LogP contribution is 2.33. The summed E-state index contributed by atoms with van der Waals surface area (Å²) >= 11 is 0. The van der Waals surface area contributed by atoms with Crippen molar-refractivity contribution in [3.05, 3.63) is 57.4 Å². The molecule has 2 aromatic rings. The molecule has 1 aliphatic rings. The fourth-order valence-electron chi connectivity index (χ4n) is 3.25. The van der Waals surface area contributed by atoms with E-state index in [4.69, 9.17) is 0 Å². The molecule has 0 fully saturated rings. The van der Waals surface area contributed by atoms with E-state index in [0.717, 1.165) is 48.1 Å². The molecule has 3 rings (SSSR count). The number of nitrogens with one attached hydrogen (secondary N) is 1. The van der Waals surface area contributed by atoms with Crippen LogP contribution >= 0.6 is 0 Å². The molecule has 21 heavy (non-hydrogen) atoms. The van der Waals surface area contributed by atoms with Crippen LogP contribution in [0.2, 0.25) is 0 Å². The summed E-state index contributed by atoms with van der Waals surface area (Å²) in [4.78, 5) is 15.1. The van der Waals surface area contributed by atoms with E-state index in [1.807, 2.05) is 30.3 Å². The summed E-state index contributed by atoms with van der Waals surface area (Å²) in [6.45, 7) is 2.20. The SMILES string of the molecule is CC[C@@H]1CCc2c(c(-c3ccccc3)[nH]c(=O)c2C#N)C1. The molecule has 0 aliphatic heterocycles. The molecule has 0 saturated carbocycles. The molecule has 1 aromatic heterocycles. The lowest BCUT2D eigenvalue weighted by molar-refractivity contribution is 0.444. The third-order valence-electron chi connectivity index (χ3n) is 4.48. The number of pyridine rings is 1. The van der Waals surface area contributed by atoms with Crippen LogP contribution in [0.5, 0.6) is 0 Å². The van der Waals surface area contributed by atoms with Crippen molar-refractivity contribution in [2.24, 2.45) is 5.92 Å². The summed E-state index contributed by atoms with van der Waals surface area (Å²) in [7, 11) is 0. The first kappa shape index (κ1) is 13.6. The molecule has 1 aliphatic carbocycles. The molecule has 1 N–H and O–H groups in total. The molecule has 0 bridgehead atoms. The topological polar surface area (TPSA) is 56.6 Å². The van der Waals surface area contributed by atoms with Crippen molar-refractivity contribution in [2.45, 2.75) is 32.6 Å². The molecule has 3 heteroatoms. The van der Waals surface area contributed by atoms with Gasteiger partial charge in [0.25, 0.3) is 5.56 Å². The van der Waals surface area contributed by atoms with Gasteiger partial charge in [0, 0.05) is 0 Å². The number of nitriles is 1. The lowest BCUT2D eigenvalue weighted by atomic mass is 9.79. The number of hydrogen-bond donors (Lipinski definition) is 1. The summed E-state index contributed by atoms with van der Waals surface area (Å²) in [6.07, 6.45) is 3.98. The van der Waals surface area contributed by atoms with Crippen LogP contribution in [0.25, 0.3) is 11.3 Å². The standard InChI is InChI=1S/C18H18N2O/c1-2-12-8-9-14-15(10-12)17(13-6-4-3-5-7-13)20-18(21)16(14)11-19/h3-7,12H,2,8-10H2,1H3,(H,20,21)/t12-/m1/s1. The van der Waals surface area contributed by atoms with Crippen molar-refractivity contribution in [1.29, 1.82) is 5.26 Å². The molecule has 0 radical (unpaired) electrons. The molecule has 1 atom stereocenters. The number of aromatic nitrogens is 1. The van der Waals surface area contributed by atoms with E-state index >= 15 is 0 Å².